The van der Waals surface area contributed by atoms with E-state index in [-0.39, 0.29) is 17.5 Å². The Kier molecular flexibility index (Phi) is 6.79. The van der Waals surface area contributed by atoms with Gasteiger partial charge < -0.3 is 15.1 Å². The van der Waals surface area contributed by atoms with E-state index in [1.54, 1.807) is 36.1 Å². The Balaban J connectivity index is 1.44. The van der Waals surface area contributed by atoms with Crippen molar-refractivity contribution in [1.82, 2.24) is 4.90 Å². The van der Waals surface area contributed by atoms with Crippen LogP contribution in [0.4, 0.5) is 17.1 Å². The lowest BCUT2D eigenvalue weighted by Crippen LogP contribution is -2.49. The maximum absolute atomic E-state index is 12.8. The van der Waals surface area contributed by atoms with Crippen molar-refractivity contribution in [1.29, 1.82) is 0 Å². The van der Waals surface area contributed by atoms with Crippen LogP contribution in [0.5, 0.6) is 0 Å². The fourth-order valence-electron chi connectivity index (χ4n) is 3.98. The van der Waals surface area contributed by atoms with E-state index in [4.69, 9.17) is 11.6 Å². The third-order valence-electron chi connectivity index (χ3n) is 5.81. The second kappa shape index (κ2) is 9.93. The van der Waals surface area contributed by atoms with Crippen molar-refractivity contribution in [3.63, 3.8) is 0 Å². The first kappa shape index (κ1) is 23.3. The van der Waals surface area contributed by atoms with Gasteiger partial charge >= 0.3 is 0 Å². The van der Waals surface area contributed by atoms with Crippen molar-refractivity contribution < 1.29 is 14.5 Å². The van der Waals surface area contributed by atoms with Crippen LogP contribution in [0.1, 0.15) is 26.3 Å². The van der Waals surface area contributed by atoms with Crippen LogP contribution in [0.15, 0.2) is 66.7 Å². The predicted octanol–water partition coefficient (Wildman–Crippen LogP) is 4.77. The molecule has 9 heteroatoms. The van der Waals surface area contributed by atoms with E-state index in [0.29, 0.717) is 53.6 Å². The van der Waals surface area contributed by atoms with E-state index in [0.717, 1.165) is 5.69 Å². The van der Waals surface area contributed by atoms with Gasteiger partial charge in [0.15, 0.2) is 0 Å². The van der Waals surface area contributed by atoms with Gasteiger partial charge in [-0.25, -0.2) is 0 Å². The van der Waals surface area contributed by atoms with Gasteiger partial charge in [-0.2, -0.15) is 0 Å². The van der Waals surface area contributed by atoms with Crippen LogP contribution in [0.25, 0.3) is 0 Å². The number of anilines is 2. The topological polar surface area (TPSA) is 95.8 Å². The van der Waals surface area contributed by atoms with E-state index in [9.17, 15) is 19.7 Å². The van der Waals surface area contributed by atoms with Crippen molar-refractivity contribution in [2.75, 3.05) is 36.4 Å². The second-order valence-corrected chi connectivity index (χ2v) is 8.45. The van der Waals surface area contributed by atoms with Crippen LogP contribution >= 0.6 is 11.6 Å². The van der Waals surface area contributed by atoms with Gasteiger partial charge in [-0.1, -0.05) is 23.7 Å². The highest BCUT2D eigenvalue weighted by molar-refractivity contribution is 6.30. The highest BCUT2D eigenvalue weighted by atomic mass is 35.5. The standard InChI is InChI=1S/C25H23ClN4O4/c1-17-16-19(8-11-22(17)30(33)34)24(31)27-21-4-2-3-5-23(21)28-12-14-29(15-13-28)25(32)18-6-9-20(26)10-7-18/h2-11,16H,12-15H2,1H3,(H,27,31). The van der Waals surface area contributed by atoms with E-state index < -0.39 is 4.92 Å². The third kappa shape index (κ3) is 5.02. The van der Waals surface area contributed by atoms with Gasteiger partial charge in [0.2, 0.25) is 0 Å². The molecule has 0 atom stereocenters. The Morgan fingerprint density at radius 1 is 0.941 bits per heavy atom. The number of carbonyl (C=O) groups excluding carboxylic acids is 2. The van der Waals surface area contributed by atoms with Crippen LogP contribution < -0.4 is 10.2 Å². The molecule has 1 fully saturated rings. The molecule has 0 radical (unpaired) electrons. The highest BCUT2D eigenvalue weighted by Gasteiger charge is 2.24. The SMILES string of the molecule is Cc1cc(C(=O)Nc2ccccc2N2CCN(C(=O)c3ccc(Cl)cc3)CC2)ccc1[N+](=O)[O-]. The van der Waals surface area contributed by atoms with Crippen LogP contribution in [0.2, 0.25) is 5.02 Å². The maximum Gasteiger partial charge on any atom is 0.272 e. The Morgan fingerprint density at radius 2 is 1.59 bits per heavy atom. The summed E-state index contributed by atoms with van der Waals surface area (Å²) >= 11 is 5.92. The number of hydrogen-bond acceptors (Lipinski definition) is 5. The Labute approximate surface area is 201 Å². The maximum atomic E-state index is 12.8. The lowest BCUT2D eigenvalue weighted by Gasteiger charge is -2.37. The van der Waals surface area contributed by atoms with Gasteiger partial charge in [0, 0.05) is 54.0 Å². The number of aryl methyl sites for hydroxylation is 1. The van der Waals surface area contributed by atoms with Crippen molar-refractivity contribution in [2.45, 2.75) is 6.92 Å². The summed E-state index contributed by atoms with van der Waals surface area (Å²) in [4.78, 5) is 40.1. The molecule has 3 aromatic carbocycles. The minimum absolute atomic E-state index is 0.0250. The van der Waals surface area contributed by atoms with Crippen molar-refractivity contribution in [3.05, 3.63) is 98.6 Å². The quantitative estimate of drug-likeness (QED) is 0.421. The first-order valence-corrected chi connectivity index (χ1v) is 11.2. The molecule has 2 amide bonds. The molecular formula is C25H23ClN4O4. The molecule has 1 aliphatic rings. The normalized spacial score (nSPS) is 13.5. The van der Waals surface area contributed by atoms with Crippen molar-refractivity contribution >= 4 is 40.5 Å². The number of piperazine rings is 1. The number of carbonyl (C=O) groups is 2. The summed E-state index contributed by atoms with van der Waals surface area (Å²) in [6.07, 6.45) is 0. The number of benzene rings is 3. The van der Waals surface area contributed by atoms with E-state index in [2.05, 4.69) is 10.2 Å². The lowest BCUT2D eigenvalue weighted by molar-refractivity contribution is -0.385. The highest BCUT2D eigenvalue weighted by Crippen LogP contribution is 2.28. The van der Waals surface area contributed by atoms with Crippen LogP contribution in [-0.2, 0) is 0 Å². The summed E-state index contributed by atoms with van der Waals surface area (Å²) in [6, 6.07) is 18.6. The fourth-order valence-corrected chi connectivity index (χ4v) is 4.10. The Hall–Kier alpha value is -3.91. The average Bonchev–Trinajstić information content (AvgIpc) is 2.84. The average molecular weight is 479 g/mol. The summed E-state index contributed by atoms with van der Waals surface area (Å²) in [5, 5.41) is 14.6. The minimum Gasteiger partial charge on any atom is -0.366 e. The first-order chi connectivity index (χ1) is 16.3. The lowest BCUT2D eigenvalue weighted by atomic mass is 10.1. The number of nitrogens with one attached hydrogen (secondary N) is 1. The zero-order valence-electron chi connectivity index (χ0n) is 18.5. The fraction of sp³-hybridized carbons (Fsp3) is 0.200. The number of hydrogen-bond donors (Lipinski definition) is 1. The molecule has 0 spiro atoms. The van der Waals surface area contributed by atoms with Gasteiger partial charge in [-0.05, 0) is 55.5 Å². The van der Waals surface area contributed by atoms with E-state index in [1.807, 2.05) is 24.3 Å². The van der Waals surface area contributed by atoms with Gasteiger partial charge in [-0.3, -0.25) is 19.7 Å². The molecule has 1 heterocycles. The number of nitro benzene ring substituents is 1. The zero-order chi connectivity index (χ0) is 24.2. The number of nitro groups is 1. The van der Waals surface area contributed by atoms with Gasteiger partial charge in [0.05, 0.1) is 16.3 Å². The predicted molar refractivity (Wildman–Crippen MR) is 132 cm³/mol. The van der Waals surface area contributed by atoms with Crippen molar-refractivity contribution in [3.8, 4) is 0 Å². The molecule has 1 aliphatic heterocycles. The molecule has 0 aromatic heterocycles. The first-order valence-electron chi connectivity index (χ1n) is 10.8. The summed E-state index contributed by atoms with van der Waals surface area (Å²) in [7, 11) is 0. The van der Waals surface area contributed by atoms with Gasteiger partial charge in [0.25, 0.3) is 17.5 Å². The molecular weight excluding hydrogens is 456 g/mol. The number of rotatable bonds is 5. The molecule has 3 aromatic rings. The summed E-state index contributed by atoms with van der Waals surface area (Å²) in [5.41, 5.74) is 2.84. The van der Waals surface area contributed by atoms with Crippen LogP contribution in [0, 0.1) is 17.0 Å². The number of amides is 2. The zero-order valence-corrected chi connectivity index (χ0v) is 19.3. The molecule has 0 aliphatic carbocycles. The molecule has 8 nitrogen and oxygen atoms in total. The largest absolute Gasteiger partial charge is 0.366 e. The summed E-state index contributed by atoms with van der Waals surface area (Å²) in [6.45, 7) is 3.93. The number of halogens is 1. The minimum atomic E-state index is -0.469. The Morgan fingerprint density at radius 3 is 2.24 bits per heavy atom. The number of para-hydroxylation sites is 2. The molecule has 0 unspecified atom stereocenters. The third-order valence-corrected chi connectivity index (χ3v) is 6.06. The molecule has 0 saturated carbocycles. The second-order valence-electron chi connectivity index (χ2n) is 8.02. The Bertz CT molecular complexity index is 1240. The molecule has 1 saturated heterocycles. The van der Waals surface area contributed by atoms with Crippen LogP contribution in [0.3, 0.4) is 0 Å². The van der Waals surface area contributed by atoms with Crippen LogP contribution in [-0.4, -0.2) is 47.8 Å². The molecule has 174 valence electrons. The van der Waals surface area contributed by atoms with Gasteiger partial charge in [0.1, 0.15) is 0 Å². The van der Waals surface area contributed by atoms with E-state index >= 15 is 0 Å². The van der Waals surface area contributed by atoms with Crippen molar-refractivity contribution in [2.24, 2.45) is 0 Å². The monoisotopic (exact) mass is 478 g/mol. The molecule has 4 rings (SSSR count). The molecule has 1 N–H and O–H groups in total. The molecule has 0 bridgehead atoms. The van der Waals surface area contributed by atoms with Gasteiger partial charge in [-0.15, -0.1) is 0 Å². The van der Waals surface area contributed by atoms with E-state index in [1.165, 1.54) is 18.2 Å². The summed E-state index contributed by atoms with van der Waals surface area (Å²) in [5.74, 6) is -0.381. The smallest absolute Gasteiger partial charge is 0.272 e. The number of nitrogens with zero attached hydrogens (tertiary/aromatic N) is 3. The molecule has 34 heavy (non-hydrogen) atoms. The summed E-state index contributed by atoms with van der Waals surface area (Å²) < 4.78 is 0.